The molecule has 0 spiro atoms. The second kappa shape index (κ2) is 10.4. The number of thioether (sulfide) groups is 1. The standard InChI is InChI=1S/C26H22F3NO4S/c1-2-33-24(31)15-34-20-12-6-17(7-13-20)16-35-23-5-3-4-21-22(23)14-30(25(21)32)19-10-8-18(9-11-19)26(27,28)29/h3-13H,2,14-16H2,1H3. The maximum absolute atomic E-state index is 12.9. The average Bonchev–Trinajstić information content (AvgIpc) is 3.19. The van der Waals surface area contributed by atoms with Gasteiger partial charge in [-0.25, -0.2) is 4.79 Å². The lowest BCUT2D eigenvalue weighted by Crippen LogP contribution is -2.23. The molecule has 0 aliphatic carbocycles. The van der Waals surface area contributed by atoms with Crippen molar-refractivity contribution < 1.29 is 32.2 Å². The van der Waals surface area contributed by atoms with Crippen molar-refractivity contribution in [2.24, 2.45) is 0 Å². The van der Waals surface area contributed by atoms with Gasteiger partial charge in [-0.05, 0) is 66.6 Å². The number of nitrogens with zero attached hydrogens (tertiary/aromatic N) is 1. The van der Waals surface area contributed by atoms with Gasteiger partial charge in [0.25, 0.3) is 5.91 Å². The van der Waals surface area contributed by atoms with E-state index in [1.807, 2.05) is 24.3 Å². The Labute approximate surface area is 204 Å². The first-order valence-corrected chi connectivity index (χ1v) is 11.9. The van der Waals surface area contributed by atoms with Crippen LogP contribution in [0.2, 0.25) is 0 Å². The molecule has 1 aliphatic heterocycles. The number of carbonyl (C=O) groups is 2. The van der Waals surface area contributed by atoms with Gasteiger partial charge in [-0.3, -0.25) is 4.79 Å². The van der Waals surface area contributed by atoms with Gasteiger partial charge in [-0.2, -0.15) is 13.2 Å². The lowest BCUT2D eigenvalue weighted by Gasteiger charge is -2.17. The van der Waals surface area contributed by atoms with E-state index in [2.05, 4.69) is 0 Å². The number of halogens is 3. The minimum atomic E-state index is -4.43. The molecule has 3 aromatic carbocycles. The molecule has 1 amide bonds. The van der Waals surface area contributed by atoms with Gasteiger partial charge < -0.3 is 14.4 Å². The molecule has 0 saturated carbocycles. The van der Waals surface area contributed by atoms with Crippen LogP contribution in [0.3, 0.4) is 0 Å². The van der Waals surface area contributed by atoms with Crippen LogP contribution in [0.25, 0.3) is 0 Å². The van der Waals surface area contributed by atoms with Crippen molar-refractivity contribution in [3.63, 3.8) is 0 Å². The van der Waals surface area contributed by atoms with E-state index in [0.29, 0.717) is 35.9 Å². The van der Waals surface area contributed by atoms with E-state index in [1.54, 1.807) is 36.9 Å². The first kappa shape index (κ1) is 24.7. The monoisotopic (exact) mass is 501 g/mol. The Morgan fingerprint density at radius 2 is 1.74 bits per heavy atom. The number of benzene rings is 3. The van der Waals surface area contributed by atoms with E-state index in [1.165, 1.54) is 17.0 Å². The minimum absolute atomic E-state index is 0.151. The summed E-state index contributed by atoms with van der Waals surface area (Å²) in [5, 5.41) is 0. The number of rotatable bonds is 8. The van der Waals surface area contributed by atoms with E-state index in [0.717, 1.165) is 28.2 Å². The van der Waals surface area contributed by atoms with Crippen molar-refractivity contribution in [3.8, 4) is 5.75 Å². The quantitative estimate of drug-likeness (QED) is 0.276. The van der Waals surface area contributed by atoms with Gasteiger partial charge in [0.15, 0.2) is 6.61 Å². The highest BCUT2D eigenvalue weighted by molar-refractivity contribution is 7.98. The molecular formula is C26H22F3NO4S. The number of fused-ring (bicyclic) bond motifs is 1. The highest BCUT2D eigenvalue weighted by Crippen LogP contribution is 2.37. The Hall–Kier alpha value is -3.46. The SMILES string of the molecule is CCOC(=O)COc1ccc(CSc2cccc3c2CN(c2ccc(C(F)(F)F)cc2)C3=O)cc1. The zero-order chi connectivity index (χ0) is 25.0. The van der Waals surface area contributed by atoms with E-state index >= 15 is 0 Å². The van der Waals surface area contributed by atoms with E-state index in [-0.39, 0.29) is 12.5 Å². The third-order valence-corrected chi connectivity index (χ3v) is 6.58. The fraction of sp³-hybridized carbons (Fsp3) is 0.231. The molecule has 0 aromatic heterocycles. The highest BCUT2D eigenvalue weighted by Gasteiger charge is 2.33. The number of esters is 1. The summed E-state index contributed by atoms with van der Waals surface area (Å²) in [7, 11) is 0. The highest BCUT2D eigenvalue weighted by atomic mass is 32.2. The minimum Gasteiger partial charge on any atom is -0.482 e. The van der Waals surface area contributed by atoms with Gasteiger partial charge in [0.05, 0.1) is 18.7 Å². The van der Waals surface area contributed by atoms with Gasteiger partial charge in [-0.15, -0.1) is 11.8 Å². The summed E-state index contributed by atoms with van der Waals surface area (Å²) in [5.41, 5.74) is 2.11. The molecule has 0 radical (unpaired) electrons. The molecule has 0 bridgehead atoms. The Bertz CT molecular complexity index is 1210. The Balaban J connectivity index is 1.41. The predicted octanol–water partition coefficient (Wildman–Crippen LogP) is 6.10. The van der Waals surface area contributed by atoms with Gasteiger partial charge in [0, 0.05) is 21.9 Å². The summed E-state index contributed by atoms with van der Waals surface area (Å²) >= 11 is 1.57. The van der Waals surface area contributed by atoms with E-state index < -0.39 is 17.7 Å². The largest absolute Gasteiger partial charge is 0.482 e. The van der Waals surface area contributed by atoms with Crippen LogP contribution < -0.4 is 9.64 Å². The van der Waals surface area contributed by atoms with Crippen molar-refractivity contribution >= 4 is 29.3 Å². The third kappa shape index (κ3) is 5.79. The third-order valence-electron chi connectivity index (χ3n) is 5.41. The number of alkyl halides is 3. The molecule has 9 heteroatoms. The Morgan fingerprint density at radius 3 is 2.40 bits per heavy atom. The van der Waals surface area contributed by atoms with Gasteiger partial charge in [0.1, 0.15) is 5.75 Å². The van der Waals surface area contributed by atoms with E-state index in [4.69, 9.17) is 9.47 Å². The summed E-state index contributed by atoms with van der Waals surface area (Å²) in [6, 6.07) is 17.5. The first-order valence-electron chi connectivity index (χ1n) is 10.9. The van der Waals surface area contributed by atoms with Gasteiger partial charge in [-0.1, -0.05) is 18.2 Å². The van der Waals surface area contributed by atoms with Crippen LogP contribution in [0.5, 0.6) is 5.75 Å². The van der Waals surface area contributed by atoms with Crippen LogP contribution in [0.1, 0.15) is 34.0 Å². The van der Waals surface area contributed by atoms with Gasteiger partial charge >= 0.3 is 12.1 Å². The Morgan fingerprint density at radius 1 is 1.03 bits per heavy atom. The molecule has 1 heterocycles. The van der Waals surface area contributed by atoms with Crippen LogP contribution in [0, 0.1) is 0 Å². The molecule has 1 aliphatic rings. The van der Waals surface area contributed by atoms with E-state index in [9.17, 15) is 22.8 Å². The van der Waals surface area contributed by atoms with Crippen LogP contribution in [-0.2, 0) is 28.0 Å². The van der Waals surface area contributed by atoms with Crippen molar-refractivity contribution in [1.29, 1.82) is 0 Å². The van der Waals surface area contributed by atoms with Crippen LogP contribution >= 0.6 is 11.8 Å². The van der Waals surface area contributed by atoms with Crippen molar-refractivity contribution in [2.75, 3.05) is 18.1 Å². The maximum Gasteiger partial charge on any atom is 0.416 e. The second-order valence-corrected chi connectivity index (χ2v) is 8.76. The molecule has 4 rings (SSSR count). The van der Waals surface area contributed by atoms with Crippen LogP contribution in [-0.4, -0.2) is 25.1 Å². The summed E-state index contributed by atoms with van der Waals surface area (Å²) in [5.74, 6) is 0.545. The molecule has 0 unspecified atom stereocenters. The Kier molecular flexibility index (Phi) is 7.35. The van der Waals surface area contributed by atoms with Crippen molar-refractivity contribution in [2.45, 2.75) is 30.3 Å². The fourth-order valence-corrected chi connectivity index (χ4v) is 4.70. The lowest BCUT2D eigenvalue weighted by atomic mass is 10.1. The molecular weight excluding hydrogens is 479 g/mol. The smallest absolute Gasteiger partial charge is 0.416 e. The number of anilines is 1. The molecule has 0 N–H and O–H groups in total. The topological polar surface area (TPSA) is 55.8 Å². The zero-order valence-electron chi connectivity index (χ0n) is 18.8. The maximum atomic E-state index is 12.9. The molecule has 5 nitrogen and oxygen atoms in total. The van der Waals surface area contributed by atoms with Crippen molar-refractivity contribution in [1.82, 2.24) is 0 Å². The molecule has 182 valence electrons. The number of carbonyl (C=O) groups excluding carboxylic acids is 2. The van der Waals surface area contributed by atoms with Gasteiger partial charge in [0.2, 0.25) is 0 Å². The molecule has 3 aromatic rings. The summed E-state index contributed by atoms with van der Waals surface area (Å²) in [6.45, 7) is 2.18. The summed E-state index contributed by atoms with van der Waals surface area (Å²) < 4.78 is 48.9. The normalized spacial score (nSPS) is 13.0. The van der Waals surface area contributed by atoms with Crippen LogP contribution in [0.4, 0.5) is 18.9 Å². The molecule has 0 saturated heterocycles. The lowest BCUT2D eigenvalue weighted by molar-refractivity contribution is -0.145. The zero-order valence-corrected chi connectivity index (χ0v) is 19.6. The predicted molar refractivity (Wildman–Crippen MR) is 127 cm³/mol. The first-order chi connectivity index (χ1) is 16.8. The summed E-state index contributed by atoms with van der Waals surface area (Å²) in [4.78, 5) is 26.8. The number of ether oxygens (including phenoxy) is 2. The molecule has 0 fully saturated rings. The molecule has 0 atom stereocenters. The summed E-state index contributed by atoms with van der Waals surface area (Å²) in [6.07, 6.45) is -4.43. The number of hydrogen-bond acceptors (Lipinski definition) is 5. The van der Waals surface area contributed by atoms with Crippen LogP contribution in [0.15, 0.2) is 71.6 Å². The molecule has 35 heavy (non-hydrogen) atoms. The number of hydrogen-bond donors (Lipinski definition) is 0. The fourth-order valence-electron chi connectivity index (χ4n) is 3.67. The van der Waals surface area contributed by atoms with Crippen molar-refractivity contribution in [3.05, 3.63) is 89.0 Å². The number of amides is 1. The second-order valence-electron chi connectivity index (χ2n) is 7.74. The average molecular weight is 502 g/mol.